The van der Waals surface area contributed by atoms with Crippen LogP contribution < -0.4 is 5.32 Å². The first-order valence-corrected chi connectivity index (χ1v) is 5.45. The number of carbonyl (C=O) groups excluding carboxylic acids is 1. The van der Waals surface area contributed by atoms with Crippen LogP contribution in [0.1, 0.15) is 36.5 Å². The predicted molar refractivity (Wildman–Crippen MR) is 61.6 cm³/mol. The fraction of sp³-hybridized carbons (Fsp3) is 0.417. The van der Waals surface area contributed by atoms with Gasteiger partial charge >= 0.3 is 0 Å². The fourth-order valence-electron chi connectivity index (χ4n) is 1.34. The first-order valence-electron chi connectivity index (χ1n) is 5.45. The van der Waals surface area contributed by atoms with Gasteiger partial charge < -0.3 is 15.5 Å². The quantitative estimate of drug-likeness (QED) is 0.528. The van der Waals surface area contributed by atoms with Crippen LogP contribution in [0.2, 0.25) is 0 Å². The smallest absolute Gasteiger partial charge is 0.251 e. The van der Waals surface area contributed by atoms with Crippen molar-refractivity contribution in [3.05, 3.63) is 23.8 Å². The fourth-order valence-corrected chi connectivity index (χ4v) is 1.34. The Labute approximate surface area is 94.9 Å². The summed E-state index contributed by atoms with van der Waals surface area (Å²) in [5.74, 6) is -0.727. The zero-order valence-electron chi connectivity index (χ0n) is 9.36. The van der Waals surface area contributed by atoms with Crippen molar-refractivity contribution in [2.75, 3.05) is 6.54 Å². The molecular formula is C12H17NO3. The second kappa shape index (κ2) is 6.00. The lowest BCUT2D eigenvalue weighted by Crippen LogP contribution is -2.24. The van der Waals surface area contributed by atoms with Crippen LogP contribution in [-0.2, 0) is 0 Å². The van der Waals surface area contributed by atoms with Gasteiger partial charge in [-0.3, -0.25) is 4.79 Å². The van der Waals surface area contributed by atoms with Gasteiger partial charge in [0.2, 0.25) is 0 Å². The molecule has 0 spiro atoms. The van der Waals surface area contributed by atoms with Crippen LogP contribution in [0, 0.1) is 0 Å². The van der Waals surface area contributed by atoms with Crippen molar-refractivity contribution < 1.29 is 15.0 Å². The largest absolute Gasteiger partial charge is 0.504 e. The molecule has 88 valence electrons. The number of hydrogen-bond acceptors (Lipinski definition) is 3. The van der Waals surface area contributed by atoms with Gasteiger partial charge in [0.1, 0.15) is 0 Å². The summed E-state index contributed by atoms with van der Waals surface area (Å²) in [5, 5.41) is 21.1. The molecule has 0 bridgehead atoms. The highest BCUT2D eigenvalue weighted by Gasteiger charge is 2.07. The predicted octanol–water partition coefficient (Wildman–Crippen LogP) is 2.02. The SMILES string of the molecule is CCCCCNC(=O)c1ccc(O)c(O)c1. The van der Waals surface area contributed by atoms with Gasteiger partial charge in [0.25, 0.3) is 5.91 Å². The number of benzene rings is 1. The number of rotatable bonds is 5. The van der Waals surface area contributed by atoms with Crippen LogP contribution in [-0.4, -0.2) is 22.7 Å². The average molecular weight is 223 g/mol. The molecule has 16 heavy (non-hydrogen) atoms. The topological polar surface area (TPSA) is 69.6 Å². The number of phenolic OH excluding ortho intramolecular Hbond substituents is 2. The van der Waals surface area contributed by atoms with Gasteiger partial charge in [-0.25, -0.2) is 0 Å². The highest BCUT2D eigenvalue weighted by Crippen LogP contribution is 2.24. The summed E-state index contributed by atoms with van der Waals surface area (Å²) in [7, 11) is 0. The molecule has 4 nitrogen and oxygen atoms in total. The molecule has 3 N–H and O–H groups in total. The zero-order valence-corrected chi connectivity index (χ0v) is 9.36. The third-order valence-electron chi connectivity index (χ3n) is 2.30. The van der Waals surface area contributed by atoms with Crippen molar-refractivity contribution in [3.8, 4) is 11.5 Å². The van der Waals surface area contributed by atoms with Gasteiger partial charge in [-0.1, -0.05) is 19.8 Å². The molecule has 0 fully saturated rings. The van der Waals surface area contributed by atoms with Gasteiger partial charge in [0.15, 0.2) is 11.5 Å². The molecule has 0 aliphatic rings. The van der Waals surface area contributed by atoms with Crippen molar-refractivity contribution in [2.45, 2.75) is 26.2 Å². The number of hydrogen-bond donors (Lipinski definition) is 3. The molecule has 1 rings (SSSR count). The van der Waals surface area contributed by atoms with E-state index in [1.165, 1.54) is 18.2 Å². The van der Waals surface area contributed by atoms with E-state index in [2.05, 4.69) is 12.2 Å². The van der Waals surface area contributed by atoms with Gasteiger partial charge in [0, 0.05) is 12.1 Å². The Hall–Kier alpha value is -1.71. The number of aromatic hydroxyl groups is 2. The summed E-state index contributed by atoms with van der Waals surface area (Å²) >= 11 is 0. The lowest BCUT2D eigenvalue weighted by atomic mass is 10.2. The maximum absolute atomic E-state index is 11.6. The van der Waals surface area contributed by atoms with Crippen molar-refractivity contribution in [1.82, 2.24) is 5.32 Å². The molecule has 0 heterocycles. The standard InChI is InChI=1S/C12H17NO3/c1-2-3-4-7-13-12(16)9-5-6-10(14)11(15)8-9/h5-6,8,14-15H,2-4,7H2,1H3,(H,13,16). The van der Waals surface area contributed by atoms with E-state index in [4.69, 9.17) is 5.11 Å². The Morgan fingerprint density at radius 3 is 2.62 bits per heavy atom. The molecule has 0 saturated heterocycles. The summed E-state index contributed by atoms with van der Waals surface area (Å²) in [6.45, 7) is 2.73. The monoisotopic (exact) mass is 223 g/mol. The summed E-state index contributed by atoms with van der Waals surface area (Å²) in [6, 6.07) is 4.03. The van der Waals surface area contributed by atoms with E-state index in [1.807, 2.05) is 0 Å². The van der Waals surface area contributed by atoms with E-state index in [0.717, 1.165) is 19.3 Å². The van der Waals surface area contributed by atoms with Crippen molar-refractivity contribution in [3.63, 3.8) is 0 Å². The lowest BCUT2D eigenvalue weighted by Gasteiger charge is -2.05. The number of nitrogens with one attached hydrogen (secondary N) is 1. The second-order valence-corrected chi connectivity index (χ2v) is 3.67. The summed E-state index contributed by atoms with van der Waals surface area (Å²) in [5.41, 5.74) is 0.354. The lowest BCUT2D eigenvalue weighted by molar-refractivity contribution is 0.0952. The first-order chi connectivity index (χ1) is 7.65. The minimum atomic E-state index is -0.277. The van der Waals surface area contributed by atoms with Crippen LogP contribution in [0.25, 0.3) is 0 Å². The van der Waals surface area contributed by atoms with Crippen LogP contribution >= 0.6 is 0 Å². The highest BCUT2D eigenvalue weighted by atomic mass is 16.3. The second-order valence-electron chi connectivity index (χ2n) is 3.67. The van der Waals surface area contributed by atoms with E-state index < -0.39 is 0 Å². The summed E-state index contributed by atoms with van der Waals surface area (Å²) < 4.78 is 0. The number of carbonyl (C=O) groups is 1. The number of phenols is 2. The molecular weight excluding hydrogens is 206 g/mol. The molecule has 0 aromatic heterocycles. The van der Waals surface area contributed by atoms with E-state index in [0.29, 0.717) is 12.1 Å². The minimum Gasteiger partial charge on any atom is -0.504 e. The van der Waals surface area contributed by atoms with Gasteiger partial charge in [-0.05, 0) is 24.6 Å². The third kappa shape index (κ3) is 3.46. The third-order valence-corrected chi connectivity index (χ3v) is 2.30. The number of unbranched alkanes of at least 4 members (excludes halogenated alkanes) is 2. The molecule has 0 saturated carbocycles. The molecule has 0 radical (unpaired) electrons. The number of amides is 1. The van der Waals surface area contributed by atoms with Crippen molar-refractivity contribution in [2.24, 2.45) is 0 Å². The maximum Gasteiger partial charge on any atom is 0.251 e. The molecule has 0 aliphatic heterocycles. The van der Waals surface area contributed by atoms with Crippen LogP contribution in [0.3, 0.4) is 0 Å². The Morgan fingerprint density at radius 1 is 1.25 bits per heavy atom. The van der Waals surface area contributed by atoms with E-state index in [-0.39, 0.29) is 17.4 Å². The van der Waals surface area contributed by atoms with Gasteiger partial charge in [-0.2, -0.15) is 0 Å². The Balaban J connectivity index is 2.50. The molecule has 4 heteroatoms. The Bertz CT molecular complexity index is 363. The maximum atomic E-state index is 11.6. The van der Waals surface area contributed by atoms with Crippen LogP contribution in [0.4, 0.5) is 0 Å². The van der Waals surface area contributed by atoms with Crippen molar-refractivity contribution >= 4 is 5.91 Å². The summed E-state index contributed by atoms with van der Waals surface area (Å²) in [6.07, 6.45) is 3.14. The van der Waals surface area contributed by atoms with Gasteiger partial charge in [-0.15, -0.1) is 0 Å². The first kappa shape index (κ1) is 12.4. The van der Waals surface area contributed by atoms with Crippen molar-refractivity contribution in [1.29, 1.82) is 0 Å². The molecule has 0 unspecified atom stereocenters. The van der Waals surface area contributed by atoms with E-state index >= 15 is 0 Å². The van der Waals surface area contributed by atoms with Crippen LogP contribution in [0.15, 0.2) is 18.2 Å². The van der Waals surface area contributed by atoms with Gasteiger partial charge in [0.05, 0.1) is 0 Å². The summed E-state index contributed by atoms with van der Waals surface area (Å²) in [4.78, 5) is 11.6. The molecule has 1 amide bonds. The highest BCUT2D eigenvalue weighted by molar-refractivity contribution is 5.94. The van der Waals surface area contributed by atoms with E-state index in [9.17, 15) is 9.90 Å². The minimum absolute atomic E-state index is 0.220. The molecule has 0 aliphatic carbocycles. The van der Waals surface area contributed by atoms with Crippen LogP contribution in [0.5, 0.6) is 11.5 Å². The molecule has 1 aromatic carbocycles. The Kier molecular flexibility index (Phi) is 4.64. The molecule has 0 atom stereocenters. The average Bonchev–Trinajstić information content (AvgIpc) is 2.28. The normalized spacial score (nSPS) is 10.1. The van der Waals surface area contributed by atoms with E-state index in [1.54, 1.807) is 0 Å². The Morgan fingerprint density at radius 2 is 2.00 bits per heavy atom. The molecule has 1 aromatic rings. The zero-order chi connectivity index (χ0) is 12.0.